The van der Waals surface area contributed by atoms with Gasteiger partial charge in [0.2, 0.25) is 11.8 Å². The van der Waals surface area contributed by atoms with E-state index in [1.54, 1.807) is 6.07 Å². The molecule has 5 nitrogen and oxygen atoms in total. The van der Waals surface area contributed by atoms with Gasteiger partial charge in [-0.1, -0.05) is 0 Å². The molecule has 5 heteroatoms. The van der Waals surface area contributed by atoms with Gasteiger partial charge in [0.05, 0.1) is 7.11 Å². The first-order valence-corrected chi connectivity index (χ1v) is 4.58. The summed E-state index contributed by atoms with van der Waals surface area (Å²) in [6.45, 7) is 2.53. The molecule has 1 rings (SSSR count). The molecule has 0 aliphatic rings. The number of aromatic nitrogens is 2. The van der Waals surface area contributed by atoms with E-state index in [2.05, 4.69) is 27.1 Å². The standard InChI is InChI=1S/C10H14N4O/c1-3-4-5-6-12-8-7-9(15-2)14-10(11)13-8/h7H,5-6H2,1-2H3,(H3,11,12,13,14). The lowest BCUT2D eigenvalue weighted by Crippen LogP contribution is -2.06. The normalized spacial score (nSPS) is 8.93. The van der Waals surface area contributed by atoms with Gasteiger partial charge in [-0.25, -0.2) is 0 Å². The molecule has 3 N–H and O–H groups in total. The van der Waals surface area contributed by atoms with E-state index in [0.717, 1.165) is 13.0 Å². The van der Waals surface area contributed by atoms with Gasteiger partial charge in [-0.2, -0.15) is 9.97 Å². The zero-order valence-corrected chi connectivity index (χ0v) is 8.87. The number of nitrogen functional groups attached to an aromatic ring is 1. The molecule has 0 aromatic carbocycles. The van der Waals surface area contributed by atoms with Crippen molar-refractivity contribution in [2.45, 2.75) is 13.3 Å². The molecular weight excluding hydrogens is 192 g/mol. The SMILES string of the molecule is CC#CCCNc1cc(OC)nc(N)n1. The van der Waals surface area contributed by atoms with Crippen molar-refractivity contribution < 1.29 is 4.74 Å². The average Bonchev–Trinajstić information content (AvgIpc) is 2.23. The van der Waals surface area contributed by atoms with Gasteiger partial charge in [0.15, 0.2) is 0 Å². The molecule has 0 amide bonds. The molecule has 0 aliphatic carbocycles. The fraction of sp³-hybridized carbons (Fsp3) is 0.400. The molecule has 1 aromatic heterocycles. The second-order valence-electron chi connectivity index (χ2n) is 2.76. The summed E-state index contributed by atoms with van der Waals surface area (Å²) in [6.07, 6.45) is 0.767. The molecule has 0 saturated heterocycles. The van der Waals surface area contributed by atoms with Gasteiger partial charge in [-0.3, -0.25) is 0 Å². The summed E-state index contributed by atoms with van der Waals surface area (Å²) in [5.41, 5.74) is 5.50. The number of nitrogens with one attached hydrogen (secondary N) is 1. The molecule has 0 radical (unpaired) electrons. The molecule has 0 spiro atoms. The van der Waals surface area contributed by atoms with Crippen LogP contribution in [-0.4, -0.2) is 23.6 Å². The molecular formula is C10H14N4O. The highest BCUT2D eigenvalue weighted by atomic mass is 16.5. The quantitative estimate of drug-likeness (QED) is 0.565. The number of anilines is 2. The lowest BCUT2D eigenvalue weighted by atomic mass is 10.4. The Morgan fingerprint density at radius 2 is 2.33 bits per heavy atom. The molecule has 1 aromatic rings. The Hall–Kier alpha value is -1.96. The first-order chi connectivity index (χ1) is 7.26. The van der Waals surface area contributed by atoms with Crippen molar-refractivity contribution in [3.05, 3.63) is 6.07 Å². The number of nitrogens with zero attached hydrogens (tertiary/aromatic N) is 2. The van der Waals surface area contributed by atoms with Crippen molar-refractivity contribution in [2.24, 2.45) is 0 Å². The Morgan fingerprint density at radius 1 is 1.53 bits per heavy atom. The Labute approximate surface area is 89.1 Å². The number of nitrogens with two attached hydrogens (primary N) is 1. The van der Waals surface area contributed by atoms with E-state index in [0.29, 0.717) is 11.7 Å². The molecule has 0 fully saturated rings. The van der Waals surface area contributed by atoms with Crippen LogP contribution in [0.1, 0.15) is 13.3 Å². The van der Waals surface area contributed by atoms with Crippen LogP contribution in [0.25, 0.3) is 0 Å². The Morgan fingerprint density at radius 3 is 3.00 bits per heavy atom. The van der Waals surface area contributed by atoms with Crippen molar-refractivity contribution in [2.75, 3.05) is 24.7 Å². The van der Waals surface area contributed by atoms with Crippen LogP contribution in [0.4, 0.5) is 11.8 Å². The van der Waals surface area contributed by atoms with Gasteiger partial charge >= 0.3 is 0 Å². The second-order valence-corrected chi connectivity index (χ2v) is 2.76. The summed E-state index contributed by atoms with van der Waals surface area (Å²) in [5, 5.41) is 3.08. The summed E-state index contributed by atoms with van der Waals surface area (Å²) >= 11 is 0. The van der Waals surface area contributed by atoms with Crippen LogP contribution >= 0.6 is 0 Å². The molecule has 0 atom stereocenters. The number of rotatable bonds is 4. The van der Waals surface area contributed by atoms with Gasteiger partial charge in [0, 0.05) is 19.0 Å². The lowest BCUT2D eigenvalue weighted by Gasteiger charge is -2.05. The first-order valence-electron chi connectivity index (χ1n) is 4.58. The summed E-state index contributed by atoms with van der Waals surface area (Å²) in [7, 11) is 1.54. The number of ether oxygens (including phenoxy) is 1. The molecule has 80 valence electrons. The van der Waals surface area contributed by atoms with Crippen molar-refractivity contribution in [3.8, 4) is 17.7 Å². The highest BCUT2D eigenvalue weighted by Gasteiger charge is 2.00. The molecule has 0 saturated carbocycles. The lowest BCUT2D eigenvalue weighted by molar-refractivity contribution is 0.398. The molecule has 0 aliphatic heterocycles. The zero-order valence-electron chi connectivity index (χ0n) is 8.87. The fourth-order valence-corrected chi connectivity index (χ4v) is 1.02. The van der Waals surface area contributed by atoms with Crippen LogP contribution in [0.5, 0.6) is 5.88 Å². The number of hydrogen-bond acceptors (Lipinski definition) is 5. The minimum Gasteiger partial charge on any atom is -0.481 e. The Bertz CT molecular complexity index is 381. The van der Waals surface area contributed by atoms with E-state index in [1.165, 1.54) is 7.11 Å². The third kappa shape index (κ3) is 3.73. The summed E-state index contributed by atoms with van der Waals surface area (Å²) in [4.78, 5) is 7.88. The van der Waals surface area contributed by atoms with Gasteiger partial charge in [-0.05, 0) is 6.92 Å². The molecule has 15 heavy (non-hydrogen) atoms. The average molecular weight is 206 g/mol. The number of methoxy groups -OCH3 is 1. The highest BCUT2D eigenvalue weighted by Crippen LogP contribution is 2.13. The van der Waals surface area contributed by atoms with E-state index >= 15 is 0 Å². The highest BCUT2D eigenvalue weighted by molar-refractivity contribution is 5.42. The Balaban J connectivity index is 2.59. The van der Waals surface area contributed by atoms with Crippen LogP contribution in [-0.2, 0) is 0 Å². The molecule has 1 heterocycles. The maximum Gasteiger partial charge on any atom is 0.225 e. The van der Waals surface area contributed by atoms with E-state index in [1.807, 2.05) is 6.92 Å². The summed E-state index contributed by atoms with van der Waals surface area (Å²) in [5.74, 6) is 7.05. The van der Waals surface area contributed by atoms with E-state index in [-0.39, 0.29) is 5.95 Å². The predicted octanol–water partition coefficient (Wildman–Crippen LogP) is 0.893. The zero-order chi connectivity index (χ0) is 11.1. The van der Waals surface area contributed by atoms with Crippen molar-refractivity contribution >= 4 is 11.8 Å². The smallest absolute Gasteiger partial charge is 0.225 e. The minimum atomic E-state index is 0.193. The van der Waals surface area contributed by atoms with E-state index in [9.17, 15) is 0 Å². The largest absolute Gasteiger partial charge is 0.481 e. The summed E-state index contributed by atoms with van der Waals surface area (Å²) in [6, 6.07) is 1.69. The van der Waals surface area contributed by atoms with Crippen LogP contribution in [0, 0.1) is 11.8 Å². The summed E-state index contributed by atoms with van der Waals surface area (Å²) < 4.78 is 4.96. The first kappa shape index (κ1) is 11.1. The van der Waals surface area contributed by atoms with Crippen LogP contribution in [0.2, 0.25) is 0 Å². The van der Waals surface area contributed by atoms with Crippen LogP contribution in [0.3, 0.4) is 0 Å². The predicted molar refractivity (Wildman–Crippen MR) is 59.6 cm³/mol. The third-order valence-electron chi connectivity index (χ3n) is 1.66. The van der Waals surface area contributed by atoms with Gasteiger partial charge in [0.1, 0.15) is 5.82 Å². The molecule has 0 unspecified atom stereocenters. The Kier molecular flexibility index (Phi) is 4.23. The van der Waals surface area contributed by atoms with Gasteiger partial charge < -0.3 is 15.8 Å². The van der Waals surface area contributed by atoms with E-state index < -0.39 is 0 Å². The second kappa shape index (κ2) is 5.70. The third-order valence-corrected chi connectivity index (χ3v) is 1.66. The van der Waals surface area contributed by atoms with Crippen molar-refractivity contribution in [3.63, 3.8) is 0 Å². The molecule has 0 bridgehead atoms. The van der Waals surface area contributed by atoms with Gasteiger partial charge in [0.25, 0.3) is 0 Å². The monoisotopic (exact) mass is 206 g/mol. The van der Waals surface area contributed by atoms with Crippen molar-refractivity contribution in [1.82, 2.24) is 9.97 Å². The van der Waals surface area contributed by atoms with Crippen molar-refractivity contribution in [1.29, 1.82) is 0 Å². The maximum atomic E-state index is 5.50. The van der Waals surface area contributed by atoms with Crippen LogP contribution < -0.4 is 15.8 Å². The minimum absolute atomic E-state index is 0.193. The van der Waals surface area contributed by atoms with Gasteiger partial charge in [-0.15, -0.1) is 11.8 Å². The van der Waals surface area contributed by atoms with E-state index in [4.69, 9.17) is 10.5 Å². The van der Waals surface area contributed by atoms with Crippen LogP contribution in [0.15, 0.2) is 6.07 Å². The topological polar surface area (TPSA) is 73.1 Å². The fourth-order valence-electron chi connectivity index (χ4n) is 1.02. The number of hydrogen-bond donors (Lipinski definition) is 2. The maximum absolute atomic E-state index is 5.50.